The molecule has 2 N–H and O–H groups in total. The number of nitrogens with one attached hydrogen (secondary N) is 2. The van der Waals surface area contributed by atoms with Crippen molar-refractivity contribution >= 4 is 39.6 Å². The van der Waals surface area contributed by atoms with E-state index in [0.29, 0.717) is 28.1 Å². The van der Waals surface area contributed by atoms with Gasteiger partial charge in [0, 0.05) is 24.1 Å². The number of halogens is 1. The summed E-state index contributed by atoms with van der Waals surface area (Å²) in [5.41, 5.74) is 5.16. The van der Waals surface area contributed by atoms with Crippen molar-refractivity contribution in [1.82, 2.24) is 5.43 Å². The number of amides is 2. The van der Waals surface area contributed by atoms with Gasteiger partial charge in [-0.25, -0.2) is 5.43 Å². The molecule has 184 valence electrons. The van der Waals surface area contributed by atoms with Crippen molar-refractivity contribution in [2.75, 3.05) is 11.9 Å². The molecule has 2 amide bonds. The number of hydrogen-bond donors (Lipinski definition) is 2. The van der Waals surface area contributed by atoms with Gasteiger partial charge < -0.3 is 14.8 Å². The maximum Gasteiger partial charge on any atom is 0.240 e. The summed E-state index contributed by atoms with van der Waals surface area (Å²) in [7, 11) is 0. The third-order valence-electron chi connectivity index (χ3n) is 4.91. The first-order valence-corrected chi connectivity index (χ1v) is 12.0. The van der Waals surface area contributed by atoms with Gasteiger partial charge in [0.05, 0.1) is 28.9 Å². The van der Waals surface area contributed by atoms with Crippen LogP contribution in [0.2, 0.25) is 0 Å². The molecule has 0 aromatic heterocycles. The van der Waals surface area contributed by atoms with Crippen LogP contribution >= 0.6 is 15.9 Å². The van der Waals surface area contributed by atoms with Crippen molar-refractivity contribution in [3.63, 3.8) is 0 Å². The summed E-state index contributed by atoms with van der Waals surface area (Å²) in [6.45, 7) is 2.73. The molecule has 36 heavy (non-hydrogen) atoms. The number of nitriles is 1. The monoisotopic (exact) mass is 548 g/mol. The number of hydrazone groups is 1. The summed E-state index contributed by atoms with van der Waals surface area (Å²) < 4.78 is 11.9. The fraction of sp³-hybridized carbons (Fsp3) is 0.185. The van der Waals surface area contributed by atoms with Gasteiger partial charge in [0.1, 0.15) is 18.1 Å². The summed E-state index contributed by atoms with van der Waals surface area (Å²) in [6, 6.07) is 21.8. The maximum atomic E-state index is 12.1. The summed E-state index contributed by atoms with van der Waals surface area (Å²) in [6.07, 6.45) is 1.53. The van der Waals surface area contributed by atoms with Crippen LogP contribution in [0.15, 0.2) is 76.3 Å². The van der Waals surface area contributed by atoms with Gasteiger partial charge in [-0.3, -0.25) is 9.59 Å². The predicted octanol–water partition coefficient (Wildman–Crippen LogP) is 5.17. The van der Waals surface area contributed by atoms with E-state index in [1.54, 1.807) is 48.5 Å². The minimum Gasteiger partial charge on any atom is -0.494 e. The molecule has 0 saturated carbocycles. The predicted molar refractivity (Wildman–Crippen MR) is 141 cm³/mol. The van der Waals surface area contributed by atoms with Gasteiger partial charge in [-0.15, -0.1) is 0 Å². The third kappa shape index (κ3) is 8.25. The van der Waals surface area contributed by atoms with Gasteiger partial charge in [0.25, 0.3) is 0 Å². The van der Waals surface area contributed by atoms with Crippen LogP contribution in [0.1, 0.15) is 36.5 Å². The van der Waals surface area contributed by atoms with Gasteiger partial charge >= 0.3 is 0 Å². The molecule has 3 rings (SSSR count). The number of carbonyl (C=O) groups excluding carboxylic acids is 2. The second-order valence-electron chi connectivity index (χ2n) is 7.55. The van der Waals surface area contributed by atoms with Crippen LogP contribution in [-0.4, -0.2) is 24.6 Å². The molecule has 0 aliphatic carbocycles. The van der Waals surface area contributed by atoms with E-state index in [1.165, 1.54) is 6.21 Å². The zero-order chi connectivity index (χ0) is 25.8. The van der Waals surface area contributed by atoms with Gasteiger partial charge in [-0.05, 0) is 76.9 Å². The zero-order valence-electron chi connectivity index (χ0n) is 19.7. The first kappa shape index (κ1) is 26.4. The normalized spacial score (nSPS) is 10.5. The Bertz CT molecular complexity index is 1270. The lowest BCUT2D eigenvalue weighted by atomic mass is 10.1. The van der Waals surface area contributed by atoms with E-state index in [2.05, 4.69) is 37.8 Å². The molecule has 3 aromatic rings. The Balaban J connectivity index is 1.42. The number of ether oxygens (including phenoxy) is 2. The lowest BCUT2D eigenvalue weighted by molar-refractivity contribution is -0.124. The van der Waals surface area contributed by atoms with Crippen molar-refractivity contribution in [3.8, 4) is 17.6 Å². The minimum atomic E-state index is -0.372. The molecule has 9 heteroatoms. The zero-order valence-corrected chi connectivity index (χ0v) is 21.2. The van der Waals surface area contributed by atoms with E-state index < -0.39 is 0 Å². The van der Waals surface area contributed by atoms with Gasteiger partial charge in [-0.1, -0.05) is 18.2 Å². The Hall–Kier alpha value is -4.16. The Morgan fingerprint density at radius 2 is 1.78 bits per heavy atom. The Kier molecular flexibility index (Phi) is 10.0. The van der Waals surface area contributed by atoms with E-state index in [-0.39, 0.29) is 31.3 Å². The molecule has 0 unspecified atom stereocenters. The van der Waals surface area contributed by atoms with E-state index in [9.17, 15) is 14.9 Å². The van der Waals surface area contributed by atoms with Crippen molar-refractivity contribution in [2.24, 2.45) is 5.10 Å². The van der Waals surface area contributed by atoms with Crippen molar-refractivity contribution in [3.05, 3.63) is 87.9 Å². The smallest absolute Gasteiger partial charge is 0.240 e. The second kappa shape index (κ2) is 13.7. The van der Waals surface area contributed by atoms with Crippen LogP contribution in [0.4, 0.5) is 5.69 Å². The quantitative estimate of drug-likeness (QED) is 0.253. The Morgan fingerprint density at radius 1 is 1.03 bits per heavy atom. The summed E-state index contributed by atoms with van der Waals surface area (Å²) in [5, 5.41) is 15.9. The molecule has 0 saturated heterocycles. The average Bonchev–Trinajstić information content (AvgIpc) is 2.88. The minimum absolute atomic E-state index is 0.000840. The van der Waals surface area contributed by atoms with Crippen molar-refractivity contribution < 1.29 is 19.1 Å². The lowest BCUT2D eigenvalue weighted by Crippen LogP contribution is -2.20. The first-order chi connectivity index (χ1) is 17.5. The molecule has 0 radical (unpaired) electrons. The van der Waals surface area contributed by atoms with Crippen LogP contribution in [0.3, 0.4) is 0 Å². The highest BCUT2D eigenvalue weighted by molar-refractivity contribution is 9.10. The number of anilines is 1. The fourth-order valence-electron chi connectivity index (χ4n) is 3.11. The third-order valence-corrected chi connectivity index (χ3v) is 5.53. The summed E-state index contributed by atoms with van der Waals surface area (Å²) >= 11 is 3.47. The molecule has 0 fully saturated rings. The average molecular weight is 549 g/mol. The molecular weight excluding hydrogens is 524 g/mol. The maximum absolute atomic E-state index is 12.1. The van der Waals surface area contributed by atoms with Crippen LogP contribution in [-0.2, 0) is 16.2 Å². The van der Waals surface area contributed by atoms with Crippen molar-refractivity contribution in [2.45, 2.75) is 26.4 Å². The highest BCUT2D eigenvalue weighted by Crippen LogP contribution is 2.26. The highest BCUT2D eigenvalue weighted by Gasteiger charge is 2.08. The highest BCUT2D eigenvalue weighted by atomic mass is 79.9. The Labute approximate surface area is 218 Å². The molecule has 0 spiro atoms. The van der Waals surface area contributed by atoms with E-state index >= 15 is 0 Å². The van der Waals surface area contributed by atoms with E-state index in [0.717, 1.165) is 16.9 Å². The number of carbonyl (C=O) groups is 2. The number of hydrogen-bond acceptors (Lipinski definition) is 6. The number of benzene rings is 3. The molecule has 0 heterocycles. The molecule has 3 aromatic carbocycles. The Morgan fingerprint density at radius 3 is 2.50 bits per heavy atom. The summed E-state index contributed by atoms with van der Waals surface area (Å²) in [4.78, 5) is 24.1. The lowest BCUT2D eigenvalue weighted by Gasteiger charge is -2.10. The van der Waals surface area contributed by atoms with Gasteiger partial charge in [0.2, 0.25) is 11.8 Å². The molecule has 0 bridgehead atoms. The topological polar surface area (TPSA) is 113 Å². The second-order valence-corrected chi connectivity index (χ2v) is 8.40. The van der Waals surface area contributed by atoms with Crippen LogP contribution < -0.4 is 20.2 Å². The standard InChI is InChI=1S/C27H25BrN4O4/c1-2-35-23-10-8-22(9-11-23)31-26(33)13-14-27(34)32-30-17-19-7-12-25(24(28)15-19)36-18-21-6-4-3-5-20(21)16-29/h3-12,15,17H,2,13-14,18H2,1H3,(H,31,33)(H,32,34). The fourth-order valence-corrected chi connectivity index (χ4v) is 3.62. The molecule has 8 nitrogen and oxygen atoms in total. The summed E-state index contributed by atoms with van der Waals surface area (Å²) in [5.74, 6) is 0.698. The molecule has 0 aliphatic heterocycles. The SMILES string of the molecule is CCOc1ccc(NC(=O)CCC(=O)NN=Cc2ccc(OCc3ccccc3C#N)c(Br)c2)cc1. The van der Waals surface area contributed by atoms with Crippen molar-refractivity contribution in [1.29, 1.82) is 5.26 Å². The number of nitrogens with zero attached hydrogens (tertiary/aromatic N) is 2. The van der Waals surface area contributed by atoms with Gasteiger partial charge in [-0.2, -0.15) is 10.4 Å². The molecule has 0 aliphatic rings. The molecule has 0 atom stereocenters. The van der Waals surface area contributed by atoms with Crippen LogP contribution in [0.25, 0.3) is 0 Å². The molecular formula is C27H25BrN4O4. The first-order valence-electron chi connectivity index (χ1n) is 11.2. The van der Waals surface area contributed by atoms with Crippen LogP contribution in [0.5, 0.6) is 11.5 Å². The van der Waals surface area contributed by atoms with E-state index in [4.69, 9.17) is 9.47 Å². The largest absolute Gasteiger partial charge is 0.494 e. The van der Waals surface area contributed by atoms with Crippen LogP contribution in [0, 0.1) is 11.3 Å². The number of rotatable bonds is 11. The van der Waals surface area contributed by atoms with Gasteiger partial charge in [0.15, 0.2) is 0 Å². The van der Waals surface area contributed by atoms with E-state index in [1.807, 2.05) is 25.1 Å².